The van der Waals surface area contributed by atoms with Gasteiger partial charge in [0.1, 0.15) is 0 Å². The van der Waals surface area contributed by atoms with Crippen molar-refractivity contribution in [1.29, 1.82) is 0 Å². The van der Waals surface area contributed by atoms with Crippen molar-refractivity contribution in [3.8, 4) is 0 Å². The molecule has 0 radical (unpaired) electrons. The van der Waals surface area contributed by atoms with Gasteiger partial charge in [0.2, 0.25) is 0 Å². The minimum absolute atomic E-state index is 0. The van der Waals surface area contributed by atoms with Crippen LogP contribution in [0.15, 0.2) is 0 Å². The summed E-state index contributed by atoms with van der Waals surface area (Å²) in [5.74, 6) is -1.35. The summed E-state index contributed by atoms with van der Waals surface area (Å²) in [6.45, 7) is 25.6. The molecule has 0 aliphatic heterocycles. The highest BCUT2D eigenvalue weighted by molar-refractivity contribution is 9.24. The van der Waals surface area contributed by atoms with Crippen LogP contribution in [0.4, 0.5) is 0 Å². The molecule has 2 N–H and O–H groups in total. The van der Waals surface area contributed by atoms with Gasteiger partial charge in [-0.1, -0.05) is 124 Å². The topological polar surface area (TPSA) is 129 Å². The van der Waals surface area contributed by atoms with Crippen LogP contribution in [0.1, 0.15) is 181 Å². The fourth-order valence-corrected chi connectivity index (χ4v) is 3.10. The highest BCUT2D eigenvalue weighted by Gasteiger charge is 2.28. The molecule has 0 aliphatic rings. The van der Waals surface area contributed by atoms with Crippen molar-refractivity contribution in [3.63, 3.8) is 0 Å². The number of hydrogen-bond donors (Lipinski definition) is 2. The smallest absolute Gasteiger partial charge is 0.347 e. The van der Waals surface area contributed by atoms with Crippen LogP contribution in [0, 0.1) is 16.2 Å². The van der Waals surface area contributed by atoms with Gasteiger partial charge in [-0.15, -0.1) is 0 Å². The van der Waals surface area contributed by atoms with E-state index in [9.17, 15) is 14.4 Å². The molecule has 0 amide bonds. The van der Waals surface area contributed by atoms with Crippen molar-refractivity contribution in [3.05, 3.63) is 0 Å². The number of carbonyl (C=O) groups is 3. The minimum Gasteiger partial charge on any atom is -0.481 e. The predicted octanol–water partition coefficient (Wildman–Crippen LogP) is 12.6. The van der Waals surface area contributed by atoms with Gasteiger partial charge in [0.05, 0.1) is 39.8 Å². The van der Waals surface area contributed by atoms with Gasteiger partial charge in [-0.25, -0.2) is 14.6 Å². The third-order valence-electron chi connectivity index (χ3n) is 7.34. The van der Waals surface area contributed by atoms with Crippen LogP contribution >= 0.6 is 31.9 Å². The lowest BCUT2D eigenvalue weighted by atomic mass is 9.87. The number of rotatable bonds is 20. The lowest BCUT2D eigenvalue weighted by Gasteiger charge is -2.19. The van der Waals surface area contributed by atoms with Crippen molar-refractivity contribution >= 4 is 49.8 Å². The first-order valence-corrected chi connectivity index (χ1v) is 19.7. The number of esters is 1. The molecular formula is C37H78Br2O9. The summed E-state index contributed by atoms with van der Waals surface area (Å²) in [5.41, 5.74) is -1.41. The second-order valence-corrected chi connectivity index (χ2v) is 16.0. The Hall–Kier alpha value is -0.750. The first kappa shape index (κ1) is 59.4. The Balaban J connectivity index is -0.000000126. The predicted molar refractivity (Wildman–Crippen MR) is 209 cm³/mol. The zero-order valence-electron chi connectivity index (χ0n) is 32.4. The molecule has 0 fully saturated rings. The number of ether oxygens (including phenoxy) is 1. The summed E-state index contributed by atoms with van der Waals surface area (Å²) in [7, 11) is 0. The van der Waals surface area contributed by atoms with Crippen molar-refractivity contribution in [1.82, 2.24) is 0 Å². The van der Waals surface area contributed by atoms with Crippen LogP contribution in [0.25, 0.3) is 0 Å². The van der Waals surface area contributed by atoms with E-state index in [1.807, 2.05) is 69.2 Å². The normalized spacial score (nSPS) is 10.7. The van der Waals surface area contributed by atoms with Crippen LogP contribution in [-0.2, 0) is 33.8 Å². The maximum atomic E-state index is 11.1. The number of carboxylic acid groups (broad SMARTS) is 1. The number of aliphatic carboxylic acids is 1. The maximum absolute atomic E-state index is 11.1. The molecule has 294 valence electrons. The first-order valence-electron chi connectivity index (χ1n) is 17.4. The van der Waals surface area contributed by atoms with Crippen molar-refractivity contribution < 1.29 is 44.1 Å². The molecule has 11 heteroatoms. The van der Waals surface area contributed by atoms with Gasteiger partial charge in [0.15, 0.2) is 0 Å². The molecule has 0 aliphatic carbocycles. The van der Waals surface area contributed by atoms with Gasteiger partial charge in [-0.05, 0) is 88.5 Å². The van der Waals surface area contributed by atoms with Crippen LogP contribution < -0.4 is 0 Å². The molecular weight excluding hydrogens is 748 g/mol. The Labute approximate surface area is 313 Å². The van der Waals surface area contributed by atoms with E-state index in [2.05, 4.69) is 48.6 Å². The molecule has 0 rings (SSSR count). The molecule has 9 nitrogen and oxygen atoms in total. The van der Waals surface area contributed by atoms with Crippen LogP contribution in [0.2, 0.25) is 0 Å². The quantitative estimate of drug-likeness (QED) is 0.0405. The molecule has 0 saturated heterocycles. The fraction of sp³-hybridized carbons (Fsp3) is 0.919. The summed E-state index contributed by atoms with van der Waals surface area (Å²) >= 11 is 6.12. The number of alkyl halides is 2. The molecule has 0 aromatic rings. The highest BCUT2D eigenvalue weighted by Crippen LogP contribution is 2.24. The SMILES string of the molecule is BrCBr.C.CCC(C)(C)C(=O)OO.CCCCCCCCCCCCC(C)(C)C(=O)O.CCOC(=O)C(C)(C)CC.CCOOC(C)C. The van der Waals surface area contributed by atoms with E-state index in [0.29, 0.717) is 19.6 Å². The molecule has 0 aromatic heterocycles. The molecule has 48 heavy (non-hydrogen) atoms. The molecule has 0 heterocycles. The monoisotopic (exact) mass is 824 g/mol. The number of carbonyl (C=O) groups excluding carboxylic acids is 2. The van der Waals surface area contributed by atoms with Gasteiger partial charge in [0, 0.05) is 0 Å². The standard InChI is InChI=1S/C16H32O2.C8H16O2.C6H12O3.C5H12O2.CH2Br2.CH4/c1-4-5-6-7-8-9-10-11-12-13-14-16(2,3)15(17)18;1-5-8(3,4)7(9)10-6-2;1-4-6(2,3)5(7)9-8;1-4-6-7-5(2)3;2-1-3;/h4-14H2,1-3H3,(H,17,18);5-6H2,1-4H3;8H,4H2,1-3H3;5H,4H2,1-3H3;1H2;1H4. The van der Waals surface area contributed by atoms with E-state index < -0.39 is 22.8 Å². The van der Waals surface area contributed by atoms with Crippen molar-refractivity contribution in [2.45, 2.75) is 187 Å². The van der Waals surface area contributed by atoms with Crippen molar-refractivity contribution in [2.24, 2.45) is 16.2 Å². The third kappa shape index (κ3) is 43.3. The molecule has 0 atom stereocenters. The Morgan fingerprint density at radius 2 is 1.02 bits per heavy atom. The zero-order chi connectivity index (χ0) is 38.0. The number of unbranched alkanes of at least 4 members (excludes halogenated alkanes) is 9. The summed E-state index contributed by atoms with van der Waals surface area (Å²) < 4.78 is 5.73. The Morgan fingerprint density at radius 1 is 0.646 bits per heavy atom. The largest absolute Gasteiger partial charge is 0.481 e. The number of hydrogen-bond acceptors (Lipinski definition) is 8. The first-order chi connectivity index (χ1) is 21.8. The Bertz CT molecular complexity index is 713. The molecule has 0 unspecified atom stereocenters. The molecule has 0 aromatic carbocycles. The minimum atomic E-state index is -0.668. The van der Waals surface area contributed by atoms with Crippen molar-refractivity contribution in [2.75, 3.05) is 17.5 Å². The average Bonchev–Trinajstić information content (AvgIpc) is 3.01. The number of halogens is 2. The Morgan fingerprint density at radius 3 is 1.27 bits per heavy atom. The van der Waals surface area contributed by atoms with E-state index in [0.717, 1.165) is 23.5 Å². The maximum Gasteiger partial charge on any atom is 0.347 e. The molecule has 0 spiro atoms. The Kier molecular flexibility index (Phi) is 48.3. The summed E-state index contributed by atoms with van der Waals surface area (Å²) in [6, 6.07) is 0. The fourth-order valence-electron chi connectivity index (χ4n) is 3.10. The molecule has 0 bridgehead atoms. The van der Waals surface area contributed by atoms with E-state index in [4.69, 9.17) is 20.0 Å². The van der Waals surface area contributed by atoms with E-state index in [1.54, 1.807) is 13.8 Å². The number of carboxylic acids is 1. The summed E-state index contributed by atoms with van der Waals surface area (Å²) in [4.78, 5) is 45.4. The van der Waals surface area contributed by atoms with Gasteiger partial charge in [-0.2, -0.15) is 5.26 Å². The average molecular weight is 827 g/mol. The van der Waals surface area contributed by atoms with Gasteiger partial charge < -0.3 is 14.7 Å². The third-order valence-corrected chi connectivity index (χ3v) is 7.34. The van der Waals surface area contributed by atoms with Crippen LogP contribution in [-0.4, -0.2) is 51.8 Å². The van der Waals surface area contributed by atoms with Gasteiger partial charge in [0.25, 0.3) is 0 Å². The van der Waals surface area contributed by atoms with Gasteiger partial charge >= 0.3 is 17.9 Å². The summed E-state index contributed by atoms with van der Waals surface area (Å²) in [6.07, 6.45) is 15.5. The second-order valence-electron chi connectivity index (χ2n) is 13.3. The molecule has 0 saturated carbocycles. The second kappa shape index (κ2) is 39.0. The van der Waals surface area contributed by atoms with Crippen LogP contribution in [0.3, 0.4) is 0 Å². The van der Waals surface area contributed by atoms with Crippen LogP contribution in [0.5, 0.6) is 0 Å². The lowest BCUT2D eigenvalue weighted by Crippen LogP contribution is -2.25. The lowest BCUT2D eigenvalue weighted by molar-refractivity contribution is -0.313. The highest BCUT2D eigenvalue weighted by atomic mass is 79.9. The van der Waals surface area contributed by atoms with E-state index in [-0.39, 0.29) is 24.9 Å². The van der Waals surface area contributed by atoms with E-state index >= 15 is 0 Å². The van der Waals surface area contributed by atoms with Gasteiger partial charge in [-0.3, -0.25) is 9.59 Å². The zero-order valence-corrected chi connectivity index (χ0v) is 35.6. The van der Waals surface area contributed by atoms with E-state index in [1.165, 1.54) is 57.8 Å². The summed E-state index contributed by atoms with van der Waals surface area (Å²) in [5, 5.41) is 16.9.